The van der Waals surface area contributed by atoms with E-state index in [1.807, 2.05) is 72.8 Å². The Hall–Kier alpha value is -4.82. The van der Waals surface area contributed by atoms with E-state index >= 15 is 0 Å². The topological polar surface area (TPSA) is 164 Å². The van der Waals surface area contributed by atoms with Gasteiger partial charge in [0.2, 0.25) is 24.3 Å². The van der Waals surface area contributed by atoms with E-state index in [4.69, 9.17) is 40.8 Å². The molecule has 4 rings (SSSR count). The number of hydrogen-bond acceptors (Lipinski definition) is 8. The van der Waals surface area contributed by atoms with Gasteiger partial charge in [-0.05, 0) is 36.8 Å². The van der Waals surface area contributed by atoms with Crippen molar-refractivity contribution in [2.45, 2.75) is 33.1 Å². The molecule has 8 heteroatoms. The number of isocyanates is 4. The molecule has 0 atom stereocenters. The van der Waals surface area contributed by atoms with Gasteiger partial charge >= 0.3 is 0 Å². The molecule has 35 heavy (non-hydrogen) atoms. The van der Waals surface area contributed by atoms with Crippen molar-refractivity contribution >= 4 is 24.3 Å². The van der Waals surface area contributed by atoms with Crippen molar-refractivity contribution < 1.29 is 19.2 Å². The third-order valence-electron chi connectivity index (χ3n) is 3.59. The van der Waals surface area contributed by atoms with Crippen molar-refractivity contribution in [3.05, 3.63) is 108 Å². The fourth-order valence-corrected chi connectivity index (χ4v) is 2.45. The Bertz CT molecular complexity index is 799. The molecule has 0 saturated heterocycles. The van der Waals surface area contributed by atoms with Crippen molar-refractivity contribution in [3.63, 3.8) is 0 Å². The number of aryl methyl sites for hydroxylation is 2. The Morgan fingerprint density at radius 2 is 0.600 bits per heavy atom. The molecule has 0 aromatic heterocycles. The Morgan fingerprint density at radius 1 is 0.429 bits per heavy atom. The standard InChI is InChI=1S/C10H12.2C6H6.4CHNO.CH4/c1-2-6-10-8-4-3-7-9(10)5-1;2*1-2-4-6-5-3-1;4*2-1-3;/h1-2,5-6H,3-4,7-8H2;2*1-6H;4*2H;1H4. The molecule has 0 saturated carbocycles. The molecule has 4 N–H and O–H groups in total. The van der Waals surface area contributed by atoms with Gasteiger partial charge in [0.05, 0.1) is 0 Å². The van der Waals surface area contributed by atoms with Crippen LogP contribution in [-0.2, 0) is 32.0 Å². The molecule has 0 unspecified atom stereocenters. The van der Waals surface area contributed by atoms with E-state index in [-0.39, 0.29) is 7.43 Å². The van der Waals surface area contributed by atoms with E-state index in [2.05, 4.69) is 24.3 Å². The predicted octanol–water partition coefficient (Wildman–Crippen LogP) is 6.18. The lowest BCUT2D eigenvalue weighted by molar-refractivity contribution is 0.562. The molecule has 0 heterocycles. The first-order chi connectivity index (χ1) is 16.6. The Labute approximate surface area is 206 Å². The van der Waals surface area contributed by atoms with Gasteiger partial charge in [0, 0.05) is 0 Å². The number of fused-ring (bicyclic) bond motifs is 1. The lowest BCUT2D eigenvalue weighted by Crippen LogP contribution is -2.00. The second-order valence-corrected chi connectivity index (χ2v) is 5.69. The van der Waals surface area contributed by atoms with Crippen LogP contribution >= 0.6 is 0 Å². The van der Waals surface area contributed by atoms with Crippen LogP contribution in [0.3, 0.4) is 0 Å². The zero-order chi connectivity index (χ0) is 26.1. The van der Waals surface area contributed by atoms with Gasteiger partial charge < -0.3 is 0 Å². The molecular formula is C27H32N4O4. The van der Waals surface area contributed by atoms with Crippen molar-refractivity contribution in [1.29, 1.82) is 21.6 Å². The zero-order valence-corrected chi connectivity index (χ0v) is 18.7. The van der Waals surface area contributed by atoms with E-state index in [1.54, 1.807) is 11.1 Å². The molecule has 0 amide bonds. The van der Waals surface area contributed by atoms with Gasteiger partial charge in [0.1, 0.15) is 0 Å². The van der Waals surface area contributed by atoms with Crippen LogP contribution < -0.4 is 0 Å². The molecular weight excluding hydrogens is 444 g/mol. The monoisotopic (exact) mass is 476 g/mol. The molecule has 1 aliphatic carbocycles. The largest absolute Gasteiger partial charge is 0.231 e. The van der Waals surface area contributed by atoms with Gasteiger partial charge in [-0.1, -0.05) is 104 Å². The summed E-state index contributed by atoms with van der Waals surface area (Å²) in [5.74, 6) is 0. The fourth-order valence-electron chi connectivity index (χ4n) is 2.45. The summed E-state index contributed by atoms with van der Waals surface area (Å²) in [6.45, 7) is 0. The molecule has 8 nitrogen and oxygen atoms in total. The maximum Gasteiger partial charge on any atom is 0.231 e. The molecule has 0 spiro atoms. The van der Waals surface area contributed by atoms with Crippen molar-refractivity contribution in [2.75, 3.05) is 0 Å². The Balaban J connectivity index is -0.000000171. The fraction of sp³-hybridized carbons (Fsp3) is 0.185. The molecule has 184 valence electrons. The number of hydrogen-bond donors (Lipinski definition) is 4. The van der Waals surface area contributed by atoms with Crippen LogP contribution in [0, 0.1) is 21.6 Å². The van der Waals surface area contributed by atoms with Gasteiger partial charge in [-0.15, -0.1) is 0 Å². The second-order valence-electron chi connectivity index (χ2n) is 5.69. The summed E-state index contributed by atoms with van der Waals surface area (Å²) in [7, 11) is 0. The summed E-state index contributed by atoms with van der Waals surface area (Å²) in [6, 6.07) is 32.8. The van der Waals surface area contributed by atoms with E-state index in [0.717, 1.165) is 24.3 Å². The molecule has 0 bridgehead atoms. The molecule has 1 aliphatic rings. The van der Waals surface area contributed by atoms with E-state index < -0.39 is 0 Å². The van der Waals surface area contributed by atoms with E-state index in [0.29, 0.717) is 0 Å². The lowest BCUT2D eigenvalue weighted by Gasteiger charge is -2.13. The van der Waals surface area contributed by atoms with Crippen LogP contribution in [0.4, 0.5) is 0 Å². The molecule has 3 aromatic rings. The van der Waals surface area contributed by atoms with Crippen LogP contribution in [0.25, 0.3) is 0 Å². The first kappa shape index (κ1) is 37.5. The summed E-state index contributed by atoms with van der Waals surface area (Å²) >= 11 is 0. The minimum atomic E-state index is 0. The highest BCUT2D eigenvalue weighted by Gasteiger charge is 2.05. The molecule has 0 radical (unpaired) electrons. The average molecular weight is 477 g/mol. The zero-order valence-electron chi connectivity index (χ0n) is 18.7. The lowest BCUT2D eigenvalue weighted by atomic mass is 9.92. The summed E-state index contributed by atoms with van der Waals surface area (Å²) < 4.78 is 0. The SMILES string of the molecule is C.N=C=O.N=C=O.N=C=O.N=C=O.c1ccc2c(c1)CCCC2.c1ccccc1.c1ccccc1. The third-order valence-corrected chi connectivity index (χ3v) is 3.59. The van der Waals surface area contributed by atoms with Crippen molar-refractivity contribution in [3.8, 4) is 0 Å². The number of carbonyl (C=O) groups excluding carboxylic acids is 4. The molecule has 0 fully saturated rings. The van der Waals surface area contributed by atoms with E-state index in [9.17, 15) is 0 Å². The first-order valence-corrected chi connectivity index (χ1v) is 9.85. The highest BCUT2D eigenvalue weighted by atomic mass is 16.1. The number of rotatable bonds is 0. The normalized spacial score (nSPS) is 8.34. The predicted molar refractivity (Wildman–Crippen MR) is 136 cm³/mol. The smallest absolute Gasteiger partial charge is 0.222 e. The quantitative estimate of drug-likeness (QED) is 0.225. The van der Waals surface area contributed by atoms with Gasteiger partial charge in [-0.3, -0.25) is 0 Å². The summed E-state index contributed by atoms with van der Waals surface area (Å²) in [4.78, 5) is 33.4. The Morgan fingerprint density at radius 3 is 0.771 bits per heavy atom. The minimum Gasteiger partial charge on any atom is -0.222 e. The van der Waals surface area contributed by atoms with Crippen molar-refractivity contribution in [1.82, 2.24) is 0 Å². The van der Waals surface area contributed by atoms with Gasteiger partial charge in [-0.2, -0.15) is 0 Å². The summed E-state index contributed by atoms with van der Waals surface area (Å²) in [5, 5.41) is 21.6. The van der Waals surface area contributed by atoms with E-state index in [1.165, 1.54) is 25.7 Å². The Kier molecular flexibility index (Phi) is 39.2. The second kappa shape index (κ2) is 36.5. The minimum absolute atomic E-state index is 0. The maximum absolute atomic E-state index is 8.35. The van der Waals surface area contributed by atoms with Crippen LogP contribution in [0.1, 0.15) is 31.4 Å². The third kappa shape index (κ3) is 34.0. The summed E-state index contributed by atoms with van der Waals surface area (Å²) in [6.07, 6.45) is 8.38. The van der Waals surface area contributed by atoms with Crippen molar-refractivity contribution in [2.24, 2.45) is 0 Å². The first-order valence-electron chi connectivity index (χ1n) is 9.85. The summed E-state index contributed by atoms with van der Waals surface area (Å²) in [5.41, 5.74) is 3.16. The van der Waals surface area contributed by atoms with Crippen LogP contribution in [0.15, 0.2) is 97.1 Å². The van der Waals surface area contributed by atoms with Crippen LogP contribution in [0.5, 0.6) is 0 Å². The highest BCUT2D eigenvalue weighted by molar-refractivity contribution is 5.29. The highest BCUT2D eigenvalue weighted by Crippen LogP contribution is 2.19. The molecule has 3 aromatic carbocycles. The molecule has 0 aliphatic heterocycles. The average Bonchev–Trinajstić information content (AvgIpc) is 2.89. The van der Waals surface area contributed by atoms with Crippen LogP contribution in [-0.4, -0.2) is 24.3 Å². The van der Waals surface area contributed by atoms with Crippen LogP contribution in [0.2, 0.25) is 0 Å². The van der Waals surface area contributed by atoms with Gasteiger partial charge in [0.25, 0.3) is 0 Å². The number of benzene rings is 3. The maximum atomic E-state index is 8.35. The number of nitrogens with one attached hydrogen (secondary N) is 4. The van der Waals surface area contributed by atoms with Gasteiger partial charge in [-0.25, -0.2) is 40.8 Å². The van der Waals surface area contributed by atoms with Gasteiger partial charge in [0.15, 0.2) is 0 Å².